The van der Waals surface area contributed by atoms with Crippen LogP contribution in [0.25, 0.3) is 0 Å². The van der Waals surface area contributed by atoms with Crippen molar-refractivity contribution in [1.29, 1.82) is 0 Å². The lowest BCUT2D eigenvalue weighted by Crippen LogP contribution is -2.36. The van der Waals surface area contributed by atoms with Gasteiger partial charge in [-0.05, 0) is 30.0 Å². The van der Waals surface area contributed by atoms with E-state index in [1.54, 1.807) is 0 Å². The molecule has 0 aliphatic carbocycles. The van der Waals surface area contributed by atoms with E-state index < -0.39 is 5.97 Å². The second-order valence-corrected chi connectivity index (χ2v) is 5.73. The molecule has 0 aliphatic rings. The Labute approximate surface area is 123 Å². The van der Waals surface area contributed by atoms with Crippen LogP contribution in [-0.2, 0) is 0 Å². The average Bonchev–Trinajstić information content (AvgIpc) is 2.39. The summed E-state index contributed by atoms with van der Waals surface area (Å²) in [7, 11) is 0. The van der Waals surface area contributed by atoms with Gasteiger partial charge in [0, 0.05) is 6.54 Å². The number of carbonyl (C=O) groups excluding carboxylic acids is 1. The topological polar surface area (TPSA) is 78.4 Å². The number of carboxylic acids is 1. The Balaban J connectivity index is 2.65. The van der Waals surface area contributed by atoms with Crippen LogP contribution in [0.15, 0.2) is 18.2 Å². The highest BCUT2D eigenvalue weighted by Crippen LogP contribution is 2.23. The number of anilines is 1. The minimum Gasteiger partial charge on any atom is -0.478 e. The first-order valence-electron chi connectivity index (χ1n) is 6.33. The summed E-state index contributed by atoms with van der Waals surface area (Å²) in [5, 5.41) is 14.4. The van der Waals surface area contributed by atoms with Crippen LogP contribution in [0.2, 0.25) is 5.02 Å². The number of rotatable bonds is 5. The number of carboxylic acid groups (broad SMARTS) is 1. The van der Waals surface area contributed by atoms with E-state index in [9.17, 15) is 9.59 Å². The normalized spacial score (nSPS) is 11.0. The van der Waals surface area contributed by atoms with Gasteiger partial charge in [-0.2, -0.15) is 0 Å². The first kappa shape index (κ1) is 16.3. The zero-order valence-corrected chi connectivity index (χ0v) is 12.5. The number of hydrogen-bond acceptors (Lipinski definition) is 2. The van der Waals surface area contributed by atoms with Crippen molar-refractivity contribution >= 4 is 29.3 Å². The van der Waals surface area contributed by atoms with Crippen LogP contribution < -0.4 is 10.6 Å². The summed E-state index contributed by atoms with van der Waals surface area (Å²) >= 11 is 5.93. The first-order chi connectivity index (χ1) is 9.25. The van der Waals surface area contributed by atoms with Crippen LogP contribution in [0.4, 0.5) is 10.5 Å². The minimum atomic E-state index is -1.06. The van der Waals surface area contributed by atoms with E-state index in [1.165, 1.54) is 18.2 Å². The van der Waals surface area contributed by atoms with Gasteiger partial charge in [0.2, 0.25) is 0 Å². The number of urea groups is 1. The van der Waals surface area contributed by atoms with E-state index in [0.29, 0.717) is 12.2 Å². The zero-order chi connectivity index (χ0) is 15.3. The summed E-state index contributed by atoms with van der Waals surface area (Å²) in [5.74, 6) is -1.06. The summed E-state index contributed by atoms with van der Waals surface area (Å²) in [6, 6.07) is 3.79. The lowest BCUT2D eigenvalue weighted by Gasteiger charge is -2.23. The van der Waals surface area contributed by atoms with E-state index in [2.05, 4.69) is 31.4 Å². The molecule has 0 bridgehead atoms. The predicted molar refractivity (Wildman–Crippen MR) is 79.5 cm³/mol. The third kappa shape index (κ3) is 4.74. The largest absolute Gasteiger partial charge is 0.478 e. The van der Waals surface area contributed by atoms with Gasteiger partial charge >= 0.3 is 12.0 Å². The van der Waals surface area contributed by atoms with Crippen molar-refractivity contribution in [2.24, 2.45) is 5.41 Å². The van der Waals surface area contributed by atoms with Crippen LogP contribution in [0, 0.1) is 5.41 Å². The zero-order valence-electron chi connectivity index (χ0n) is 11.8. The number of aromatic carboxylic acids is 1. The van der Waals surface area contributed by atoms with Gasteiger partial charge < -0.3 is 15.7 Å². The maximum atomic E-state index is 11.7. The molecule has 0 fully saturated rings. The van der Waals surface area contributed by atoms with Gasteiger partial charge in [-0.1, -0.05) is 32.4 Å². The average molecular weight is 299 g/mol. The van der Waals surface area contributed by atoms with Gasteiger partial charge in [0.15, 0.2) is 0 Å². The predicted octanol–water partition coefficient (Wildman–Crippen LogP) is 3.60. The maximum Gasteiger partial charge on any atom is 0.335 e. The van der Waals surface area contributed by atoms with Crippen molar-refractivity contribution in [3.63, 3.8) is 0 Å². The standard InChI is InChI=1S/C14H19ClN2O3/c1-4-14(2,3)8-16-13(20)17-11-6-5-9(12(18)19)7-10(11)15/h5-7H,4,8H2,1-3H3,(H,18,19)(H2,16,17,20). The highest BCUT2D eigenvalue weighted by molar-refractivity contribution is 6.34. The molecule has 0 aromatic heterocycles. The summed E-state index contributed by atoms with van der Waals surface area (Å²) in [6.45, 7) is 6.71. The molecule has 0 aliphatic heterocycles. The molecular formula is C14H19ClN2O3. The number of hydrogen-bond donors (Lipinski definition) is 3. The molecular weight excluding hydrogens is 280 g/mol. The van der Waals surface area contributed by atoms with Crippen LogP contribution in [-0.4, -0.2) is 23.7 Å². The van der Waals surface area contributed by atoms with Crippen molar-refractivity contribution in [2.75, 3.05) is 11.9 Å². The Morgan fingerprint density at radius 3 is 2.50 bits per heavy atom. The highest BCUT2D eigenvalue weighted by Gasteiger charge is 2.16. The van der Waals surface area contributed by atoms with E-state index in [0.717, 1.165) is 6.42 Å². The van der Waals surface area contributed by atoms with Gasteiger partial charge in [-0.3, -0.25) is 0 Å². The Bertz CT molecular complexity index is 515. The number of halogens is 1. The fourth-order valence-corrected chi connectivity index (χ4v) is 1.59. The monoisotopic (exact) mass is 298 g/mol. The molecule has 6 heteroatoms. The van der Waals surface area contributed by atoms with Gasteiger partial charge in [0.25, 0.3) is 0 Å². The van der Waals surface area contributed by atoms with Crippen molar-refractivity contribution in [2.45, 2.75) is 27.2 Å². The lowest BCUT2D eigenvalue weighted by atomic mass is 9.90. The Morgan fingerprint density at radius 1 is 1.35 bits per heavy atom. The molecule has 0 atom stereocenters. The molecule has 0 unspecified atom stereocenters. The molecule has 20 heavy (non-hydrogen) atoms. The number of benzene rings is 1. The maximum absolute atomic E-state index is 11.7. The summed E-state index contributed by atoms with van der Waals surface area (Å²) < 4.78 is 0. The first-order valence-corrected chi connectivity index (χ1v) is 6.70. The molecule has 110 valence electrons. The molecule has 0 saturated heterocycles. The molecule has 0 radical (unpaired) electrons. The van der Waals surface area contributed by atoms with Crippen LogP contribution >= 0.6 is 11.6 Å². The second kappa shape index (κ2) is 6.61. The molecule has 2 amide bonds. The Kier molecular flexibility index (Phi) is 5.39. The van der Waals surface area contributed by atoms with E-state index in [1.807, 2.05) is 0 Å². The van der Waals surface area contributed by atoms with Crippen molar-refractivity contribution in [3.8, 4) is 0 Å². The van der Waals surface area contributed by atoms with Crippen LogP contribution in [0.3, 0.4) is 0 Å². The summed E-state index contributed by atoms with van der Waals surface area (Å²) in [6.07, 6.45) is 0.946. The van der Waals surface area contributed by atoms with Gasteiger partial charge in [0.05, 0.1) is 16.3 Å². The molecule has 0 heterocycles. The summed E-state index contributed by atoms with van der Waals surface area (Å²) in [5.41, 5.74) is 0.477. The van der Waals surface area contributed by atoms with Gasteiger partial charge in [-0.25, -0.2) is 9.59 Å². The number of nitrogens with one attached hydrogen (secondary N) is 2. The summed E-state index contributed by atoms with van der Waals surface area (Å²) in [4.78, 5) is 22.5. The van der Waals surface area contributed by atoms with Crippen LogP contribution in [0.1, 0.15) is 37.6 Å². The molecule has 3 N–H and O–H groups in total. The molecule has 1 aromatic carbocycles. The van der Waals surface area contributed by atoms with E-state index in [-0.39, 0.29) is 22.0 Å². The van der Waals surface area contributed by atoms with E-state index in [4.69, 9.17) is 16.7 Å². The SMILES string of the molecule is CCC(C)(C)CNC(=O)Nc1ccc(C(=O)O)cc1Cl. The molecule has 0 spiro atoms. The van der Waals surface area contributed by atoms with Gasteiger partial charge in [-0.15, -0.1) is 0 Å². The van der Waals surface area contributed by atoms with E-state index >= 15 is 0 Å². The van der Waals surface area contributed by atoms with Crippen molar-refractivity contribution < 1.29 is 14.7 Å². The molecule has 0 saturated carbocycles. The smallest absolute Gasteiger partial charge is 0.335 e. The number of amides is 2. The molecule has 5 nitrogen and oxygen atoms in total. The molecule has 1 rings (SSSR count). The number of carbonyl (C=O) groups is 2. The fourth-order valence-electron chi connectivity index (χ4n) is 1.36. The third-order valence-electron chi connectivity index (χ3n) is 3.15. The Hall–Kier alpha value is -1.75. The van der Waals surface area contributed by atoms with Gasteiger partial charge in [0.1, 0.15) is 0 Å². The van der Waals surface area contributed by atoms with Crippen molar-refractivity contribution in [1.82, 2.24) is 5.32 Å². The van der Waals surface area contributed by atoms with Crippen LogP contribution in [0.5, 0.6) is 0 Å². The lowest BCUT2D eigenvalue weighted by molar-refractivity contribution is 0.0697. The quantitative estimate of drug-likeness (QED) is 0.777. The third-order valence-corrected chi connectivity index (χ3v) is 3.46. The second-order valence-electron chi connectivity index (χ2n) is 5.33. The fraction of sp³-hybridized carbons (Fsp3) is 0.429. The molecule has 1 aromatic rings. The van der Waals surface area contributed by atoms with Crippen molar-refractivity contribution in [3.05, 3.63) is 28.8 Å². The Morgan fingerprint density at radius 2 is 2.00 bits per heavy atom. The minimum absolute atomic E-state index is 0.0221. The highest BCUT2D eigenvalue weighted by atomic mass is 35.5.